The minimum atomic E-state index is -0.182. The van der Waals surface area contributed by atoms with Gasteiger partial charge in [0.15, 0.2) is 5.96 Å². The molecule has 1 aliphatic heterocycles. The minimum Gasteiger partial charge on any atom is -0.354 e. The lowest BCUT2D eigenvalue weighted by Gasteiger charge is -2.32. The van der Waals surface area contributed by atoms with Gasteiger partial charge in [0, 0.05) is 38.3 Å². The lowest BCUT2D eigenvalue weighted by atomic mass is 10.1. The third-order valence-corrected chi connectivity index (χ3v) is 4.10. The zero-order valence-corrected chi connectivity index (χ0v) is 16.3. The Hall–Kier alpha value is -0.890. The maximum atomic E-state index is 13.6. The van der Waals surface area contributed by atoms with Gasteiger partial charge in [-0.3, -0.25) is 4.99 Å². The number of hydrogen-bond donors (Lipinski definition) is 2. The maximum Gasteiger partial charge on any atom is 0.191 e. The Balaban J connectivity index is 0.00000264. The first-order chi connectivity index (χ1) is 10.7. The molecule has 1 fully saturated rings. The van der Waals surface area contributed by atoms with E-state index in [9.17, 15) is 4.39 Å². The van der Waals surface area contributed by atoms with Gasteiger partial charge in [-0.15, -0.1) is 24.0 Å². The first kappa shape index (κ1) is 20.2. The second-order valence-corrected chi connectivity index (χ2v) is 5.78. The molecule has 0 bridgehead atoms. The van der Waals surface area contributed by atoms with Crippen molar-refractivity contribution < 1.29 is 4.39 Å². The van der Waals surface area contributed by atoms with Crippen LogP contribution in [-0.2, 0) is 6.54 Å². The Bertz CT molecular complexity index is 487. The number of rotatable bonds is 5. The highest BCUT2D eigenvalue weighted by Crippen LogP contribution is 2.10. The van der Waals surface area contributed by atoms with E-state index >= 15 is 0 Å². The molecular formula is C17H28FIN4. The molecular weight excluding hydrogens is 406 g/mol. The van der Waals surface area contributed by atoms with Gasteiger partial charge >= 0.3 is 0 Å². The average molecular weight is 434 g/mol. The first-order valence-electron chi connectivity index (χ1n) is 8.16. The van der Waals surface area contributed by atoms with Gasteiger partial charge in [0.2, 0.25) is 0 Å². The molecule has 1 aromatic rings. The van der Waals surface area contributed by atoms with E-state index < -0.39 is 0 Å². The molecule has 0 radical (unpaired) electrons. The summed E-state index contributed by atoms with van der Waals surface area (Å²) in [6, 6.07) is 7.27. The van der Waals surface area contributed by atoms with Gasteiger partial charge in [-0.1, -0.05) is 25.1 Å². The van der Waals surface area contributed by atoms with E-state index in [1.807, 2.05) is 6.07 Å². The standard InChI is InChI=1S/C17H27FN4.HI/c1-3-10-22-11-8-15(9-12-22)21-17(19-2)20-13-14-6-4-5-7-16(14)18;/h4-7,15H,3,8-13H2,1-2H3,(H2,19,20,21);1H. The number of piperidine rings is 1. The lowest BCUT2D eigenvalue weighted by molar-refractivity contribution is 0.206. The van der Waals surface area contributed by atoms with Crippen molar-refractivity contribution in [3.8, 4) is 0 Å². The summed E-state index contributed by atoms with van der Waals surface area (Å²) in [5.41, 5.74) is 0.656. The maximum absolute atomic E-state index is 13.6. The predicted octanol–water partition coefficient (Wildman–Crippen LogP) is 2.98. The number of aliphatic imine (C=N–C) groups is 1. The van der Waals surface area contributed by atoms with Crippen LogP contribution in [0.4, 0.5) is 4.39 Å². The van der Waals surface area contributed by atoms with Crippen LogP contribution in [-0.4, -0.2) is 43.6 Å². The van der Waals surface area contributed by atoms with Gasteiger partial charge in [-0.25, -0.2) is 4.39 Å². The Morgan fingerprint density at radius 2 is 2.00 bits per heavy atom. The zero-order valence-electron chi connectivity index (χ0n) is 14.0. The molecule has 23 heavy (non-hydrogen) atoms. The summed E-state index contributed by atoms with van der Waals surface area (Å²) in [4.78, 5) is 6.75. The van der Waals surface area contributed by atoms with Gasteiger partial charge in [-0.2, -0.15) is 0 Å². The van der Waals surface area contributed by atoms with E-state index in [1.54, 1.807) is 19.2 Å². The molecule has 0 aliphatic carbocycles. The van der Waals surface area contributed by atoms with Crippen LogP contribution in [0.15, 0.2) is 29.3 Å². The van der Waals surface area contributed by atoms with Crippen LogP contribution in [0.5, 0.6) is 0 Å². The highest BCUT2D eigenvalue weighted by atomic mass is 127. The molecule has 0 aromatic heterocycles. The summed E-state index contributed by atoms with van der Waals surface area (Å²) in [5.74, 6) is 0.565. The molecule has 2 rings (SSSR count). The molecule has 1 aromatic carbocycles. The molecule has 0 amide bonds. The van der Waals surface area contributed by atoms with Crippen molar-refractivity contribution in [3.63, 3.8) is 0 Å². The molecule has 0 atom stereocenters. The van der Waals surface area contributed by atoms with Gasteiger partial charge in [0.05, 0.1) is 0 Å². The van der Waals surface area contributed by atoms with E-state index in [-0.39, 0.29) is 29.8 Å². The summed E-state index contributed by atoms with van der Waals surface area (Å²) in [6.45, 7) is 6.12. The Morgan fingerprint density at radius 1 is 1.30 bits per heavy atom. The summed E-state index contributed by atoms with van der Waals surface area (Å²) in [6.07, 6.45) is 3.46. The number of benzene rings is 1. The second kappa shape index (κ2) is 10.8. The van der Waals surface area contributed by atoms with Crippen molar-refractivity contribution in [2.75, 3.05) is 26.7 Å². The summed E-state index contributed by atoms with van der Waals surface area (Å²) >= 11 is 0. The van der Waals surface area contributed by atoms with Crippen LogP contribution in [0.25, 0.3) is 0 Å². The van der Waals surface area contributed by atoms with Crippen LogP contribution in [0.2, 0.25) is 0 Å². The largest absolute Gasteiger partial charge is 0.354 e. The van der Waals surface area contributed by atoms with Crippen LogP contribution < -0.4 is 10.6 Å². The molecule has 1 heterocycles. The number of likely N-dealkylation sites (tertiary alicyclic amines) is 1. The topological polar surface area (TPSA) is 39.7 Å². The zero-order chi connectivity index (χ0) is 15.8. The number of nitrogens with one attached hydrogen (secondary N) is 2. The molecule has 0 spiro atoms. The van der Waals surface area contributed by atoms with E-state index in [0.29, 0.717) is 18.2 Å². The molecule has 4 nitrogen and oxygen atoms in total. The number of guanidine groups is 1. The van der Waals surface area contributed by atoms with Crippen LogP contribution in [0.3, 0.4) is 0 Å². The van der Waals surface area contributed by atoms with Crippen molar-refractivity contribution >= 4 is 29.9 Å². The Kier molecular flexibility index (Phi) is 9.47. The number of hydrogen-bond acceptors (Lipinski definition) is 2. The average Bonchev–Trinajstić information content (AvgIpc) is 2.54. The molecule has 2 N–H and O–H groups in total. The molecule has 0 unspecified atom stereocenters. The monoisotopic (exact) mass is 434 g/mol. The van der Waals surface area contributed by atoms with E-state index in [1.165, 1.54) is 19.0 Å². The highest BCUT2D eigenvalue weighted by Gasteiger charge is 2.19. The van der Waals surface area contributed by atoms with Crippen molar-refractivity contribution in [3.05, 3.63) is 35.6 Å². The number of nitrogens with zero attached hydrogens (tertiary/aromatic N) is 2. The van der Waals surface area contributed by atoms with Crippen LogP contribution in [0.1, 0.15) is 31.7 Å². The lowest BCUT2D eigenvalue weighted by Crippen LogP contribution is -2.48. The van der Waals surface area contributed by atoms with Gasteiger partial charge < -0.3 is 15.5 Å². The van der Waals surface area contributed by atoms with E-state index in [2.05, 4.69) is 27.4 Å². The van der Waals surface area contributed by atoms with Crippen LogP contribution >= 0.6 is 24.0 Å². The fourth-order valence-electron chi connectivity index (χ4n) is 2.83. The highest BCUT2D eigenvalue weighted by molar-refractivity contribution is 14.0. The fourth-order valence-corrected chi connectivity index (χ4v) is 2.83. The quantitative estimate of drug-likeness (QED) is 0.425. The number of halogens is 2. The third-order valence-electron chi connectivity index (χ3n) is 4.10. The Morgan fingerprint density at radius 3 is 2.61 bits per heavy atom. The molecule has 130 valence electrons. The molecule has 0 saturated carbocycles. The second-order valence-electron chi connectivity index (χ2n) is 5.78. The fraction of sp³-hybridized carbons (Fsp3) is 0.588. The van der Waals surface area contributed by atoms with E-state index in [0.717, 1.165) is 31.9 Å². The molecule has 1 aliphatic rings. The summed E-state index contributed by atoms with van der Waals surface area (Å²) < 4.78 is 13.6. The predicted molar refractivity (Wildman–Crippen MR) is 105 cm³/mol. The molecule has 1 saturated heterocycles. The third kappa shape index (κ3) is 6.63. The van der Waals surface area contributed by atoms with Crippen molar-refractivity contribution in [2.24, 2.45) is 4.99 Å². The van der Waals surface area contributed by atoms with Crippen LogP contribution in [0, 0.1) is 5.82 Å². The van der Waals surface area contributed by atoms with Gasteiger partial charge in [-0.05, 0) is 31.9 Å². The van der Waals surface area contributed by atoms with Gasteiger partial charge in [0.1, 0.15) is 5.82 Å². The van der Waals surface area contributed by atoms with E-state index in [4.69, 9.17) is 0 Å². The van der Waals surface area contributed by atoms with Crippen molar-refractivity contribution in [1.82, 2.24) is 15.5 Å². The van der Waals surface area contributed by atoms with Gasteiger partial charge in [0.25, 0.3) is 0 Å². The minimum absolute atomic E-state index is 0. The van der Waals surface area contributed by atoms with Crippen molar-refractivity contribution in [1.29, 1.82) is 0 Å². The van der Waals surface area contributed by atoms with Crippen molar-refractivity contribution in [2.45, 2.75) is 38.8 Å². The SMILES string of the molecule is CCCN1CCC(NC(=NC)NCc2ccccc2F)CC1.I. The molecule has 6 heteroatoms. The Labute approximate surface area is 156 Å². The summed E-state index contributed by atoms with van der Waals surface area (Å²) in [7, 11) is 1.75. The summed E-state index contributed by atoms with van der Waals surface area (Å²) in [5, 5.41) is 6.64. The smallest absolute Gasteiger partial charge is 0.191 e. The first-order valence-corrected chi connectivity index (χ1v) is 8.16. The normalized spacial score (nSPS) is 16.7.